The Labute approximate surface area is 183 Å². The van der Waals surface area contributed by atoms with Gasteiger partial charge in [0.1, 0.15) is 6.33 Å². The predicted molar refractivity (Wildman–Crippen MR) is 118 cm³/mol. The van der Waals surface area contributed by atoms with Crippen LogP contribution in [-0.4, -0.2) is 34.5 Å². The molecular weight excluding hydrogens is 402 g/mol. The van der Waals surface area contributed by atoms with E-state index in [2.05, 4.69) is 31.1 Å². The summed E-state index contributed by atoms with van der Waals surface area (Å²) in [5.74, 6) is 0.751. The van der Waals surface area contributed by atoms with Gasteiger partial charge in [0.2, 0.25) is 5.95 Å². The van der Waals surface area contributed by atoms with Crippen LogP contribution >= 0.6 is 0 Å². The summed E-state index contributed by atoms with van der Waals surface area (Å²) < 4.78 is 1.51. The second-order valence-electron chi connectivity index (χ2n) is 7.19. The molecule has 0 aliphatic rings. The van der Waals surface area contributed by atoms with Crippen molar-refractivity contribution in [2.45, 2.75) is 13.3 Å². The zero-order valence-electron chi connectivity index (χ0n) is 17.1. The molecule has 2 N–H and O–H groups in total. The lowest BCUT2D eigenvalue weighted by molar-refractivity contribution is 0.876. The molecule has 32 heavy (non-hydrogen) atoms. The third kappa shape index (κ3) is 3.50. The van der Waals surface area contributed by atoms with Crippen LogP contribution in [0.15, 0.2) is 61.1 Å². The van der Waals surface area contributed by atoms with E-state index in [0.717, 1.165) is 17.0 Å². The number of aryl methyl sites for hydroxylation is 1. The lowest BCUT2D eigenvalue weighted by Gasteiger charge is -2.11. The highest BCUT2D eigenvalue weighted by Crippen LogP contribution is 2.34. The van der Waals surface area contributed by atoms with E-state index in [0.29, 0.717) is 40.4 Å². The molecule has 0 bridgehead atoms. The van der Waals surface area contributed by atoms with Gasteiger partial charge in [-0.1, -0.05) is 18.2 Å². The fourth-order valence-corrected chi connectivity index (χ4v) is 3.55. The highest BCUT2D eigenvalue weighted by molar-refractivity contribution is 5.89. The highest BCUT2D eigenvalue weighted by Gasteiger charge is 2.21. The van der Waals surface area contributed by atoms with Crippen LogP contribution in [0.25, 0.3) is 28.2 Å². The first-order chi connectivity index (χ1) is 15.6. The molecule has 9 heteroatoms. The molecule has 154 valence electrons. The molecule has 1 aromatic carbocycles. The molecule has 4 heterocycles. The van der Waals surface area contributed by atoms with E-state index < -0.39 is 0 Å². The monoisotopic (exact) mass is 419 g/mol. The smallest absolute Gasteiger partial charge is 0.223 e. The van der Waals surface area contributed by atoms with Crippen molar-refractivity contribution in [2.75, 3.05) is 5.73 Å². The summed E-state index contributed by atoms with van der Waals surface area (Å²) in [6.45, 7) is 1.94. The number of anilines is 1. The number of rotatable bonds is 4. The molecule has 0 saturated carbocycles. The normalized spacial score (nSPS) is 10.9. The van der Waals surface area contributed by atoms with Gasteiger partial charge in [0.25, 0.3) is 0 Å². The zero-order valence-corrected chi connectivity index (χ0v) is 17.1. The number of benzene rings is 1. The Morgan fingerprint density at radius 3 is 2.72 bits per heavy atom. The minimum Gasteiger partial charge on any atom is -0.368 e. The average Bonchev–Trinajstić information content (AvgIpc) is 3.23. The van der Waals surface area contributed by atoms with E-state index in [1.807, 2.05) is 31.2 Å². The second-order valence-corrected chi connectivity index (χ2v) is 7.19. The predicted octanol–water partition coefficient (Wildman–Crippen LogP) is 3.00. The first-order valence-electron chi connectivity index (χ1n) is 9.87. The molecule has 0 unspecified atom stereocenters. The Balaban J connectivity index is 1.74. The molecule has 0 amide bonds. The van der Waals surface area contributed by atoms with Gasteiger partial charge in [-0.05, 0) is 37.3 Å². The average molecular weight is 419 g/mol. The third-order valence-electron chi connectivity index (χ3n) is 4.94. The molecule has 0 saturated heterocycles. The quantitative estimate of drug-likeness (QED) is 0.470. The van der Waals surface area contributed by atoms with E-state index in [1.54, 1.807) is 30.5 Å². The summed E-state index contributed by atoms with van der Waals surface area (Å²) in [6.07, 6.45) is 3.56. The van der Waals surface area contributed by atoms with Crippen LogP contribution in [0.5, 0.6) is 0 Å². The van der Waals surface area contributed by atoms with Gasteiger partial charge in [-0.15, -0.1) is 5.10 Å². The summed E-state index contributed by atoms with van der Waals surface area (Å²) in [7, 11) is 0. The molecule has 0 aliphatic heterocycles. The summed E-state index contributed by atoms with van der Waals surface area (Å²) in [4.78, 5) is 22.3. The minimum atomic E-state index is 0.186. The number of hydrogen-bond donors (Lipinski definition) is 1. The van der Waals surface area contributed by atoms with E-state index in [-0.39, 0.29) is 5.95 Å². The highest BCUT2D eigenvalue weighted by atomic mass is 15.4. The maximum absolute atomic E-state index is 9.34. The molecule has 9 nitrogen and oxygen atoms in total. The van der Waals surface area contributed by atoms with Gasteiger partial charge < -0.3 is 5.73 Å². The number of fused-ring (bicyclic) bond motifs is 1. The standard InChI is InChI=1S/C23H17N9/c1-14-4-2-7-17(28-14)11-19-29-22-20(18-8-9-26-13-27-18)21(30-23(25)32(22)31-19)16-6-3-5-15(10-16)12-24/h2-10,13H,11H2,1H3,(H2,25,30). The Kier molecular flexibility index (Phi) is 4.72. The minimum absolute atomic E-state index is 0.186. The van der Waals surface area contributed by atoms with Crippen molar-refractivity contribution in [3.63, 3.8) is 0 Å². The van der Waals surface area contributed by atoms with Gasteiger partial charge in [-0.2, -0.15) is 9.78 Å². The van der Waals surface area contributed by atoms with E-state index in [4.69, 9.17) is 10.7 Å². The number of nitrogens with two attached hydrogens (primary N) is 1. The van der Waals surface area contributed by atoms with Crippen LogP contribution < -0.4 is 5.73 Å². The van der Waals surface area contributed by atoms with E-state index in [1.165, 1.54) is 10.8 Å². The van der Waals surface area contributed by atoms with Crippen LogP contribution in [0.2, 0.25) is 0 Å². The van der Waals surface area contributed by atoms with E-state index in [9.17, 15) is 5.26 Å². The largest absolute Gasteiger partial charge is 0.368 e. The SMILES string of the molecule is Cc1cccc(Cc2nc3c(-c4ccncn4)c(-c4cccc(C#N)c4)nc(N)n3n2)n1. The topological polar surface area (TPSA) is 132 Å². The molecular formula is C23H17N9. The van der Waals surface area contributed by atoms with Crippen molar-refractivity contribution in [1.29, 1.82) is 5.26 Å². The molecule has 4 aromatic heterocycles. The number of aromatic nitrogens is 7. The molecule has 5 rings (SSSR count). The number of nitrogens with zero attached hydrogens (tertiary/aromatic N) is 8. The molecule has 5 aromatic rings. The molecule has 0 aliphatic carbocycles. The van der Waals surface area contributed by atoms with E-state index >= 15 is 0 Å². The van der Waals surface area contributed by atoms with Crippen molar-refractivity contribution < 1.29 is 0 Å². The van der Waals surface area contributed by atoms with Crippen molar-refractivity contribution in [1.82, 2.24) is 34.5 Å². The Morgan fingerprint density at radius 1 is 1.06 bits per heavy atom. The summed E-state index contributed by atoms with van der Waals surface area (Å²) in [6, 6.07) is 16.9. The van der Waals surface area contributed by atoms with Gasteiger partial charge in [-0.25, -0.2) is 19.9 Å². The second kappa shape index (κ2) is 7.85. The summed E-state index contributed by atoms with van der Waals surface area (Å²) in [5, 5.41) is 13.9. The van der Waals surface area contributed by atoms with Gasteiger partial charge >= 0.3 is 0 Å². The summed E-state index contributed by atoms with van der Waals surface area (Å²) in [5.41, 5.74) is 11.7. The molecule has 0 atom stereocenters. The van der Waals surface area contributed by atoms with Crippen LogP contribution in [0.1, 0.15) is 22.8 Å². The first-order valence-corrected chi connectivity index (χ1v) is 9.87. The fourth-order valence-electron chi connectivity index (χ4n) is 3.55. The lowest BCUT2D eigenvalue weighted by atomic mass is 10.0. The maximum atomic E-state index is 9.34. The first kappa shape index (κ1) is 19.3. The molecule has 0 spiro atoms. The Bertz CT molecular complexity index is 1480. The zero-order chi connectivity index (χ0) is 22.1. The van der Waals surface area contributed by atoms with Crippen molar-refractivity contribution in [2.24, 2.45) is 0 Å². The number of hydrogen-bond acceptors (Lipinski definition) is 8. The van der Waals surface area contributed by atoms with Gasteiger partial charge in [-0.3, -0.25) is 4.98 Å². The fraction of sp³-hybridized carbons (Fsp3) is 0.0870. The van der Waals surface area contributed by atoms with Crippen molar-refractivity contribution in [3.8, 4) is 28.6 Å². The van der Waals surface area contributed by atoms with Gasteiger partial charge in [0.05, 0.1) is 35.0 Å². The van der Waals surface area contributed by atoms with Crippen LogP contribution in [0, 0.1) is 18.3 Å². The number of pyridine rings is 1. The number of nitrogen functional groups attached to an aromatic ring is 1. The van der Waals surface area contributed by atoms with Crippen LogP contribution in [0.3, 0.4) is 0 Å². The third-order valence-corrected chi connectivity index (χ3v) is 4.94. The van der Waals surface area contributed by atoms with Crippen LogP contribution in [0.4, 0.5) is 5.95 Å². The Hall–Kier alpha value is -4.71. The molecule has 0 fully saturated rings. The lowest BCUT2D eigenvalue weighted by Crippen LogP contribution is -2.06. The number of nitriles is 1. The van der Waals surface area contributed by atoms with Crippen molar-refractivity contribution >= 4 is 11.6 Å². The van der Waals surface area contributed by atoms with Crippen molar-refractivity contribution in [3.05, 3.63) is 83.8 Å². The molecule has 0 radical (unpaired) electrons. The van der Waals surface area contributed by atoms with Gasteiger partial charge in [0, 0.05) is 23.1 Å². The Morgan fingerprint density at radius 2 is 1.94 bits per heavy atom. The maximum Gasteiger partial charge on any atom is 0.223 e. The van der Waals surface area contributed by atoms with Gasteiger partial charge in [0.15, 0.2) is 11.5 Å². The van der Waals surface area contributed by atoms with Crippen LogP contribution in [-0.2, 0) is 6.42 Å². The summed E-state index contributed by atoms with van der Waals surface area (Å²) >= 11 is 0.